The molecule has 1 heterocycles. The van der Waals surface area contributed by atoms with Crippen molar-refractivity contribution in [3.8, 4) is 5.75 Å². The highest BCUT2D eigenvalue weighted by atomic mass is 16.5. The third kappa shape index (κ3) is 3.01. The Morgan fingerprint density at radius 3 is 3.00 bits per heavy atom. The number of hydrogen-bond donors (Lipinski definition) is 1. The molecular weight excluding hydrogens is 210 g/mol. The lowest BCUT2D eigenvalue weighted by Crippen LogP contribution is -2.29. The Hall–Kier alpha value is -1.02. The maximum atomic E-state index is 5.33. The van der Waals surface area contributed by atoms with Crippen molar-refractivity contribution in [1.29, 1.82) is 0 Å². The normalized spacial score (nSPS) is 18.8. The van der Waals surface area contributed by atoms with Gasteiger partial charge in [-0.3, -0.25) is 0 Å². The smallest absolute Gasteiger partial charge is 0.119 e. The van der Waals surface area contributed by atoms with Crippen molar-refractivity contribution in [2.24, 2.45) is 0 Å². The third-order valence-electron chi connectivity index (χ3n) is 3.61. The van der Waals surface area contributed by atoms with Crippen LogP contribution in [0.4, 0.5) is 0 Å². The first kappa shape index (κ1) is 12.4. The van der Waals surface area contributed by atoms with Crippen LogP contribution in [0.2, 0.25) is 0 Å². The lowest BCUT2D eigenvalue weighted by Gasteiger charge is -2.27. The van der Waals surface area contributed by atoms with E-state index in [1.165, 1.54) is 36.8 Å². The SMILES string of the molecule is CCCCCC1NCCc2ccc(OC)cc21. The van der Waals surface area contributed by atoms with Gasteiger partial charge in [0.1, 0.15) is 5.75 Å². The monoisotopic (exact) mass is 233 g/mol. The van der Waals surface area contributed by atoms with Crippen LogP contribution in [-0.4, -0.2) is 13.7 Å². The van der Waals surface area contributed by atoms with E-state index in [-0.39, 0.29) is 0 Å². The fraction of sp³-hybridized carbons (Fsp3) is 0.600. The Morgan fingerprint density at radius 1 is 1.35 bits per heavy atom. The number of hydrogen-bond acceptors (Lipinski definition) is 2. The lowest BCUT2D eigenvalue weighted by atomic mass is 9.91. The highest BCUT2D eigenvalue weighted by Gasteiger charge is 2.19. The summed E-state index contributed by atoms with van der Waals surface area (Å²) in [5, 5.41) is 3.63. The van der Waals surface area contributed by atoms with Gasteiger partial charge < -0.3 is 10.1 Å². The maximum Gasteiger partial charge on any atom is 0.119 e. The molecule has 1 unspecified atom stereocenters. The highest BCUT2D eigenvalue weighted by Crippen LogP contribution is 2.30. The van der Waals surface area contributed by atoms with Crippen molar-refractivity contribution in [3.63, 3.8) is 0 Å². The summed E-state index contributed by atoms with van der Waals surface area (Å²) in [6.45, 7) is 3.36. The van der Waals surface area contributed by atoms with Gasteiger partial charge in [0.05, 0.1) is 7.11 Å². The minimum Gasteiger partial charge on any atom is -0.497 e. The molecule has 2 nitrogen and oxygen atoms in total. The number of methoxy groups -OCH3 is 1. The molecule has 2 rings (SSSR count). The summed E-state index contributed by atoms with van der Waals surface area (Å²) >= 11 is 0. The van der Waals surface area contributed by atoms with E-state index < -0.39 is 0 Å². The molecule has 0 saturated heterocycles. The lowest BCUT2D eigenvalue weighted by molar-refractivity contribution is 0.408. The minimum atomic E-state index is 0.528. The van der Waals surface area contributed by atoms with Crippen molar-refractivity contribution in [1.82, 2.24) is 5.32 Å². The zero-order valence-corrected chi connectivity index (χ0v) is 11.0. The van der Waals surface area contributed by atoms with Crippen molar-refractivity contribution in [2.75, 3.05) is 13.7 Å². The first-order valence-corrected chi connectivity index (χ1v) is 6.75. The van der Waals surface area contributed by atoms with Gasteiger partial charge in [0.15, 0.2) is 0 Å². The first-order chi connectivity index (χ1) is 8.35. The number of nitrogens with one attached hydrogen (secondary N) is 1. The average Bonchev–Trinajstić information content (AvgIpc) is 2.39. The fourth-order valence-corrected chi connectivity index (χ4v) is 2.60. The predicted molar refractivity (Wildman–Crippen MR) is 71.6 cm³/mol. The molecule has 2 heteroatoms. The largest absolute Gasteiger partial charge is 0.497 e. The molecular formula is C15H23NO. The Balaban J connectivity index is 2.11. The van der Waals surface area contributed by atoms with E-state index >= 15 is 0 Å². The summed E-state index contributed by atoms with van der Waals surface area (Å²) in [6.07, 6.45) is 6.32. The van der Waals surface area contributed by atoms with Crippen LogP contribution in [0.25, 0.3) is 0 Å². The molecule has 0 spiro atoms. The van der Waals surface area contributed by atoms with Crippen LogP contribution in [0.5, 0.6) is 5.75 Å². The molecule has 1 aliphatic rings. The summed E-state index contributed by atoms with van der Waals surface area (Å²) in [5.74, 6) is 0.980. The minimum absolute atomic E-state index is 0.528. The Morgan fingerprint density at radius 2 is 2.24 bits per heavy atom. The van der Waals surface area contributed by atoms with Gasteiger partial charge in [-0.2, -0.15) is 0 Å². The zero-order valence-electron chi connectivity index (χ0n) is 11.0. The highest BCUT2D eigenvalue weighted by molar-refractivity contribution is 5.39. The van der Waals surface area contributed by atoms with E-state index in [4.69, 9.17) is 4.74 Å². The van der Waals surface area contributed by atoms with Gasteiger partial charge in [-0.05, 0) is 42.6 Å². The molecule has 1 atom stereocenters. The first-order valence-electron chi connectivity index (χ1n) is 6.75. The van der Waals surface area contributed by atoms with Crippen LogP contribution in [0.15, 0.2) is 18.2 Å². The second-order valence-electron chi connectivity index (χ2n) is 4.82. The van der Waals surface area contributed by atoms with Crippen molar-refractivity contribution in [2.45, 2.75) is 45.1 Å². The number of unbranched alkanes of at least 4 members (excludes halogenated alkanes) is 2. The molecule has 0 aromatic heterocycles. The summed E-state index contributed by atoms with van der Waals surface area (Å²) in [7, 11) is 1.74. The van der Waals surface area contributed by atoms with E-state index in [2.05, 4.69) is 30.4 Å². The van der Waals surface area contributed by atoms with Crippen LogP contribution >= 0.6 is 0 Å². The van der Waals surface area contributed by atoms with Gasteiger partial charge in [-0.15, -0.1) is 0 Å². The van der Waals surface area contributed by atoms with Crippen molar-refractivity contribution < 1.29 is 4.74 Å². The molecule has 0 fully saturated rings. The molecule has 0 bridgehead atoms. The number of ether oxygens (including phenoxy) is 1. The van der Waals surface area contributed by atoms with Gasteiger partial charge in [0, 0.05) is 6.04 Å². The Bertz CT molecular complexity index is 362. The second kappa shape index (κ2) is 6.06. The van der Waals surface area contributed by atoms with E-state index in [1.807, 2.05) is 0 Å². The molecule has 0 amide bonds. The number of benzene rings is 1. The molecule has 0 saturated carbocycles. The van der Waals surface area contributed by atoms with Gasteiger partial charge in [0.25, 0.3) is 0 Å². The maximum absolute atomic E-state index is 5.33. The van der Waals surface area contributed by atoms with Crippen LogP contribution in [0.1, 0.15) is 49.8 Å². The summed E-state index contributed by atoms with van der Waals surface area (Å²) in [4.78, 5) is 0. The summed E-state index contributed by atoms with van der Waals surface area (Å²) in [5.41, 5.74) is 2.94. The van der Waals surface area contributed by atoms with Gasteiger partial charge >= 0.3 is 0 Å². The van der Waals surface area contributed by atoms with Gasteiger partial charge in [-0.25, -0.2) is 0 Å². The van der Waals surface area contributed by atoms with Crippen LogP contribution in [0.3, 0.4) is 0 Å². The summed E-state index contributed by atoms with van der Waals surface area (Å²) in [6, 6.07) is 7.04. The van der Waals surface area contributed by atoms with Gasteiger partial charge in [-0.1, -0.05) is 32.3 Å². The number of fused-ring (bicyclic) bond motifs is 1. The molecule has 1 N–H and O–H groups in total. The third-order valence-corrected chi connectivity index (χ3v) is 3.61. The second-order valence-corrected chi connectivity index (χ2v) is 4.82. The summed E-state index contributed by atoms with van der Waals surface area (Å²) < 4.78 is 5.33. The van der Waals surface area contributed by atoms with Crippen LogP contribution < -0.4 is 10.1 Å². The Kier molecular flexibility index (Phi) is 4.43. The zero-order chi connectivity index (χ0) is 12.1. The van der Waals surface area contributed by atoms with Crippen molar-refractivity contribution >= 4 is 0 Å². The molecule has 1 aromatic rings. The van der Waals surface area contributed by atoms with E-state index in [0.29, 0.717) is 6.04 Å². The van der Waals surface area contributed by atoms with Crippen LogP contribution in [0, 0.1) is 0 Å². The standard InChI is InChI=1S/C15H23NO/c1-3-4-5-6-15-14-11-13(17-2)8-7-12(14)9-10-16-15/h7-8,11,15-16H,3-6,9-10H2,1-2H3. The van der Waals surface area contributed by atoms with E-state index in [0.717, 1.165) is 18.7 Å². The molecule has 17 heavy (non-hydrogen) atoms. The van der Waals surface area contributed by atoms with E-state index in [9.17, 15) is 0 Å². The quantitative estimate of drug-likeness (QED) is 0.786. The Labute approximate surface area is 104 Å². The predicted octanol–water partition coefficient (Wildman–Crippen LogP) is 3.46. The fourth-order valence-electron chi connectivity index (χ4n) is 2.60. The average molecular weight is 233 g/mol. The number of rotatable bonds is 5. The molecule has 0 aliphatic carbocycles. The topological polar surface area (TPSA) is 21.3 Å². The van der Waals surface area contributed by atoms with Gasteiger partial charge in [0.2, 0.25) is 0 Å². The van der Waals surface area contributed by atoms with Crippen LogP contribution in [-0.2, 0) is 6.42 Å². The molecule has 1 aliphatic heterocycles. The molecule has 1 aromatic carbocycles. The molecule has 94 valence electrons. The molecule has 0 radical (unpaired) electrons. The van der Waals surface area contributed by atoms with E-state index in [1.54, 1.807) is 7.11 Å². The van der Waals surface area contributed by atoms with Crippen molar-refractivity contribution in [3.05, 3.63) is 29.3 Å².